The molecule has 0 aromatic carbocycles. The van der Waals surface area contributed by atoms with Gasteiger partial charge in [0.15, 0.2) is 23.2 Å². The molecule has 0 saturated carbocycles. The smallest absolute Gasteiger partial charge is 0.233 e. The number of imidazole rings is 1. The second kappa shape index (κ2) is 6.34. The average Bonchev–Trinajstić information content (AvgIpc) is 3.08. The Morgan fingerprint density at radius 1 is 1.44 bits per heavy atom. The molecule has 2 atom stereocenters. The minimum absolute atomic E-state index is 0.131. The molecule has 2 aromatic rings. The van der Waals surface area contributed by atoms with Crippen LogP contribution in [0, 0.1) is 11.8 Å². The number of hydrogen-bond donors (Lipinski definition) is 1. The van der Waals surface area contributed by atoms with Crippen molar-refractivity contribution in [1.82, 2.24) is 19.5 Å². The van der Waals surface area contributed by atoms with Crippen LogP contribution < -0.4 is 10.2 Å². The van der Waals surface area contributed by atoms with E-state index in [0.717, 1.165) is 12.2 Å². The SMILES string of the molecule is C=C1C[C@H](C)[C@H](n2cnc3c(N(C)C)nc(NC(=O)C(C)C)nc32)O1. The predicted octanol–water partition coefficient (Wildman–Crippen LogP) is 2.56. The number of aromatic nitrogens is 4. The van der Waals surface area contributed by atoms with E-state index in [1.807, 2.05) is 37.4 Å². The molecule has 1 N–H and O–H groups in total. The molecule has 25 heavy (non-hydrogen) atoms. The third kappa shape index (κ3) is 3.16. The fraction of sp³-hybridized carbons (Fsp3) is 0.529. The number of hydrogen-bond acceptors (Lipinski definition) is 6. The summed E-state index contributed by atoms with van der Waals surface area (Å²) in [7, 11) is 3.76. The molecule has 0 spiro atoms. The molecule has 1 aliphatic heterocycles. The van der Waals surface area contributed by atoms with Crippen molar-refractivity contribution < 1.29 is 9.53 Å². The van der Waals surface area contributed by atoms with Crippen molar-refractivity contribution in [3.63, 3.8) is 0 Å². The van der Waals surface area contributed by atoms with Gasteiger partial charge < -0.3 is 9.64 Å². The number of fused-ring (bicyclic) bond motifs is 1. The third-order valence-electron chi connectivity index (χ3n) is 4.18. The molecule has 3 heterocycles. The van der Waals surface area contributed by atoms with Crippen molar-refractivity contribution in [2.24, 2.45) is 11.8 Å². The Kier molecular flexibility index (Phi) is 4.36. The molecule has 0 aliphatic carbocycles. The molecule has 1 aliphatic rings. The van der Waals surface area contributed by atoms with E-state index in [0.29, 0.717) is 17.0 Å². The van der Waals surface area contributed by atoms with Crippen LogP contribution in [0.4, 0.5) is 11.8 Å². The number of amides is 1. The van der Waals surface area contributed by atoms with Crippen molar-refractivity contribution in [2.75, 3.05) is 24.3 Å². The second-order valence-electron chi connectivity index (χ2n) is 6.96. The Morgan fingerprint density at radius 2 is 2.16 bits per heavy atom. The minimum Gasteiger partial charge on any atom is -0.475 e. The lowest BCUT2D eigenvalue weighted by molar-refractivity contribution is -0.118. The highest BCUT2D eigenvalue weighted by Gasteiger charge is 2.31. The molecular weight excluding hydrogens is 320 g/mol. The Balaban J connectivity index is 2.10. The first-order valence-electron chi connectivity index (χ1n) is 8.35. The fourth-order valence-electron chi connectivity index (χ4n) is 2.84. The lowest BCUT2D eigenvalue weighted by atomic mass is 10.1. The first-order valence-corrected chi connectivity index (χ1v) is 8.35. The van der Waals surface area contributed by atoms with Crippen molar-refractivity contribution in [1.29, 1.82) is 0 Å². The molecular formula is C17H24N6O2. The van der Waals surface area contributed by atoms with Crippen LogP contribution in [0.2, 0.25) is 0 Å². The maximum Gasteiger partial charge on any atom is 0.233 e. The number of carbonyl (C=O) groups excluding carboxylic acids is 1. The summed E-state index contributed by atoms with van der Waals surface area (Å²) >= 11 is 0. The first-order chi connectivity index (χ1) is 11.8. The summed E-state index contributed by atoms with van der Waals surface area (Å²) < 4.78 is 7.74. The lowest BCUT2D eigenvalue weighted by Gasteiger charge is -2.18. The Bertz CT molecular complexity index is 826. The van der Waals surface area contributed by atoms with Gasteiger partial charge in [0.1, 0.15) is 6.33 Å². The summed E-state index contributed by atoms with van der Waals surface area (Å²) in [6, 6.07) is 0. The van der Waals surface area contributed by atoms with Gasteiger partial charge in [0.25, 0.3) is 0 Å². The summed E-state index contributed by atoms with van der Waals surface area (Å²) in [6.07, 6.45) is 2.30. The van der Waals surface area contributed by atoms with Gasteiger partial charge in [-0.1, -0.05) is 27.4 Å². The van der Waals surface area contributed by atoms with Gasteiger partial charge in [0.2, 0.25) is 11.9 Å². The van der Waals surface area contributed by atoms with Gasteiger partial charge in [-0.3, -0.25) is 14.7 Å². The van der Waals surface area contributed by atoms with Crippen LogP contribution in [0.1, 0.15) is 33.4 Å². The van der Waals surface area contributed by atoms with Gasteiger partial charge in [0.05, 0.1) is 5.76 Å². The summed E-state index contributed by atoms with van der Waals surface area (Å²) in [6.45, 7) is 9.66. The first kappa shape index (κ1) is 17.2. The van der Waals surface area contributed by atoms with Gasteiger partial charge in [-0.25, -0.2) is 4.98 Å². The van der Waals surface area contributed by atoms with Crippen molar-refractivity contribution in [2.45, 2.75) is 33.4 Å². The Labute approximate surface area is 146 Å². The zero-order valence-electron chi connectivity index (χ0n) is 15.3. The Morgan fingerprint density at radius 3 is 2.72 bits per heavy atom. The number of nitrogens with zero attached hydrogens (tertiary/aromatic N) is 5. The van der Waals surface area contributed by atoms with E-state index in [9.17, 15) is 4.79 Å². The van der Waals surface area contributed by atoms with Crippen LogP contribution in [-0.4, -0.2) is 39.5 Å². The number of rotatable bonds is 4. The zero-order valence-corrected chi connectivity index (χ0v) is 15.3. The van der Waals surface area contributed by atoms with Gasteiger partial charge in [-0.05, 0) is 0 Å². The van der Waals surface area contributed by atoms with Crippen LogP contribution in [0.5, 0.6) is 0 Å². The molecule has 3 rings (SSSR count). The highest BCUT2D eigenvalue weighted by atomic mass is 16.5. The third-order valence-corrected chi connectivity index (χ3v) is 4.18. The second-order valence-corrected chi connectivity index (χ2v) is 6.96. The molecule has 0 radical (unpaired) electrons. The molecule has 0 bridgehead atoms. The maximum absolute atomic E-state index is 12.0. The largest absolute Gasteiger partial charge is 0.475 e. The van der Waals surface area contributed by atoms with Crippen molar-refractivity contribution in [3.8, 4) is 0 Å². The summed E-state index contributed by atoms with van der Waals surface area (Å²) in [5, 5.41) is 2.77. The van der Waals surface area contributed by atoms with Gasteiger partial charge in [-0.2, -0.15) is 9.97 Å². The van der Waals surface area contributed by atoms with Crippen LogP contribution in [-0.2, 0) is 9.53 Å². The normalized spacial score (nSPS) is 20.2. The number of ether oxygens (including phenoxy) is 1. The van der Waals surface area contributed by atoms with E-state index in [2.05, 4.69) is 33.8 Å². The number of carbonyl (C=O) groups is 1. The van der Waals surface area contributed by atoms with E-state index in [4.69, 9.17) is 4.74 Å². The van der Waals surface area contributed by atoms with E-state index < -0.39 is 0 Å². The van der Waals surface area contributed by atoms with E-state index >= 15 is 0 Å². The van der Waals surface area contributed by atoms with E-state index in [1.165, 1.54) is 0 Å². The van der Waals surface area contributed by atoms with E-state index in [1.54, 1.807) is 6.33 Å². The average molecular weight is 344 g/mol. The summed E-state index contributed by atoms with van der Waals surface area (Å²) in [5.74, 6) is 1.64. The van der Waals surface area contributed by atoms with Gasteiger partial charge in [-0.15, -0.1) is 0 Å². The molecule has 1 amide bonds. The van der Waals surface area contributed by atoms with Crippen LogP contribution >= 0.6 is 0 Å². The summed E-state index contributed by atoms with van der Waals surface area (Å²) in [4.78, 5) is 27.3. The van der Waals surface area contributed by atoms with Crippen LogP contribution in [0.15, 0.2) is 18.7 Å². The topological polar surface area (TPSA) is 85.2 Å². The number of nitrogens with one attached hydrogen (secondary N) is 1. The highest BCUT2D eigenvalue weighted by molar-refractivity contribution is 5.92. The standard InChI is InChI=1S/C17H24N6O2/c1-9(2)15(24)21-17-19-13(22(5)6)12-14(20-17)23(8-18-12)16-10(3)7-11(4)25-16/h8-10,16H,4,7H2,1-3,5-6H3,(H,19,20,21,24)/t10-,16+/m0/s1. The fourth-order valence-corrected chi connectivity index (χ4v) is 2.84. The molecule has 1 fully saturated rings. The molecule has 8 heteroatoms. The molecule has 1 saturated heterocycles. The van der Waals surface area contributed by atoms with Crippen LogP contribution in [0.25, 0.3) is 11.2 Å². The maximum atomic E-state index is 12.0. The van der Waals surface area contributed by atoms with Crippen molar-refractivity contribution in [3.05, 3.63) is 18.7 Å². The van der Waals surface area contributed by atoms with Crippen molar-refractivity contribution >= 4 is 28.8 Å². The van der Waals surface area contributed by atoms with Gasteiger partial charge in [0, 0.05) is 32.4 Å². The van der Waals surface area contributed by atoms with Gasteiger partial charge >= 0.3 is 0 Å². The lowest BCUT2D eigenvalue weighted by Crippen LogP contribution is -2.21. The number of allylic oxidation sites excluding steroid dienone is 1. The molecule has 2 aromatic heterocycles. The molecule has 134 valence electrons. The molecule has 0 unspecified atom stereocenters. The summed E-state index contributed by atoms with van der Waals surface area (Å²) in [5.41, 5.74) is 1.30. The minimum atomic E-state index is -0.212. The quantitative estimate of drug-likeness (QED) is 0.917. The molecule has 8 nitrogen and oxygen atoms in total. The van der Waals surface area contributed by atoms with E-state index in [-0.39, 0.29) is 29.9 Å². The highest BCUT2D eigenvalue weighted by Crippen LogP contribution is 2.37. The predicted molar refractivity (Wildman–Crippen MR) is 96.2 cm³/mol. The Hall–Kier alpha value is -2.64. The monoisotopic (exact) mass is 344 g/mol. The zero-order chi connectivity index (χ0) is 18.3. The number of anilines is 2. The van der Waals surface area contributed by atoms with Crippen LogP contribution in [0.3, 0.4) is 0 Å².